The summed E-state index contributed by atoms with van der Waals surface area (Å²) in [6.45, 7) is 7.53. The standard InChI is InChI=1S/C11H14N2.C2H6/c1-13-7-11(8-13)6-12-10-5-3-2-4-9(10)11;1-2/h2-5,12H,6-8H2,1H3;1-2H3. The van der Waals surface area contributed by atoms with Gasteiger partial charge in [-0.25, -0.2) is 0 Å². The third kappa shape index (κ3) is 1.53. The van der Waals surface area contributed by atoms with E-state index in [1.807, 2.05) is 13.8 Å². The monoisotopic (exact) mass is 204 g/mol. The molecule has 2 aliphatic rings. The Labute approximate surface area is 92.3 Å². The Morgan fingerprint density at radius 2 is 1.87 bits per heavy atom. The predicted octanol–water partition coefficient (Wildman–Crippen LogP) is 2.32. The van der Waals surface area contributed by atoms with Crippen LogP contribution in [0.25, 0.3) is 0 Å². The van der Waals surface area contributed by atoms with Crippen LogP contribution in [0.5, 0.6) is 0 Å². The van der Waals surface area contributed by atoms with E-state index in [0.717, 1.165) is 6.54 Å². The van der Waals surface area contributed by atoms with Gasteiger partial charge in [0.2, 0.25) is 0 Å². The van der Waals surface area contributed by atoms with E-state index in [9.17, 15) is 0 Å². The van der Waals surface area contributed by atoms with Gasteiger partial charge in [-0.1, -0.05) is 32.0 Å². The Bertz CT molecular complexity index is 335. The first kappa shape index (κ1) is 10.5. The van der Waals surface area contributed by atoms with Crippen molar-refractivity contribution in [2.24, 2.45) is 0 Å². The molecule has 82 valence electrons. The lowest BCUT2D eigenvalue weighted by Gasteiger charge is -2.46. The van der Waals surface area contributed by atoms with E-state index in [4.69, 9.17) is 0 Å². The summed E-state index contributed by atoms with van der Waals surface area (Å²) >= 11 is 0. The highest BCUT2D eigenvalue weighted by Crippen LogP contribution is 2.42. The molecule has 3 rings (SSSR count). The summed E-state index contributed by atoms with van der Waals surface area (Å²) in [6.07, 6.45) is 0. The fourth-order valence-electron chi connectivity index (χ4n) is 2.73. The highest BCUT2D eigenvalue weighted by atomic mass is 15.2. The molecule has 1 spiro atoms. The van der Waals surface area contributed by atoms with Gasteiger partial charge in [0.05, 0.1) is 0 Å². The van der Waals surface area contributed by atoms with Crippen LogP contribution in [0.15, 0.2) is 24.3 Å². The minimum absolute atomic E-state index is 0.436. The summed E-state index contributed by atoms with van der Waals surface area (Å²) in [7, 11) is 2.19. The molecule has 2 heterocycles. The number of rotatable bonds is 0. The third-order valence-electron chi connectivity index (χ3n) is 3.26. The van der Waals surface area contributed by atoms with Crippen LogP contribution < -0.4 is 5.32 Å². The second-order valence-electron chi connectivity index (χ2n) is 4.35. The number of hydrogen-bond acceptors (Lipinski definition) is 2. The lowest BCUT2D eigenvalue weighted by Crippen LogP contribution is -2.58. The topological polar surface area (TPSA) is 15.3 Å². The van der Waals surface area contributed by atoms with Gasteiger partial charge in [-0.2, -0.15) is 0 Å². The van der Waals surface area contributed by atoms with Gasteiger partial charge >= 0.3 is 0 Å². The maximum atomic E-state index is 3.49. The minimum atomic E-state index is 0.436. The lowest BCUT2D eigenvalue weighted by atomic mass is 9.76. The van der Waals surface area contributed by atoms with Crippen LogP contribution in [0, 0.1) is 0 Å². The molecule has 0 radical (unpaired) electrons. The predicted molar refractivity (Wildman–Crippen MR) is 65.5 cm³/mol. The molecule has 0 aromatic heterocycles. The van der Waals surface area contributed by atoms with E-state index >= 15 is 0 Å². The highest BCUT2D eigenvalue weighted by molar-refractivity contribution is 5.61. The quantitative estimate of drug-likeness (QED) is 0.697. The summed E-state index contributed by atoms with van der Waals surface area (Å²) in [5.41, 5.74) is 3.30. The van der Waals surface area contributed by atoms with Crippen LogP contribution in [0.4, 0.5) is 5.69 Å². The minimum Gasteiger partial charge on any atom is -0.384 e. The molecule has 0 saturated carbocycles. The van der Waals surface area contributed by atoms with E-state index in [0.29, 0.717) is 5.41 Å². The second-order valence-corrected chi connectivity index (χ2v) is 4.35. The summed E-state index contributed by atoms with van der Waals surface area (Å²) in [6, 6.07) is 8.70. The smallest absolute Gasteiger partial charge is 0.0400 e. The van der Waals surface area contributed by atoms with Crippen molar-refractivity contribution in [3.63, 3.8) is 0 Å². The van der Waals surface area contributed by atoms with Crippen LogP contribution in [-0.2, 0) is 5.41 Å². The Balaban J connectivity index is 0.000000404. The first-order chi connectivity index (χ1) is 7.30. The number of hydrogen-bond donors (Lipinski definition) is 1. The van der Waals surface area contributed by atoms with E-state index < -0.39 is 0 Å². The molecule has 1 aromatic rings. The number of fused-ring (bicyclic) bond motifs is 2. The average Bonchev–Trinajstić information content (AvgIpc) is 2.61. The van der Waals surface area contributed by atoms with Crippen LogP contribution in [0.2, 0.25) is 0 Å². The molecule has 0 aliphatic carbocycles. The molecular formula is C13H20N2. The van der Waals surface area contributed by atoms with Gasteiger partial charge in [0.15, 0.2) is 0 Å². The molecule has 0 amide bonds. The number of likely N-dealkylation sites (tertiary alicyclic amines) is 1. The lowest BCUT2D eigenvalue weighted by molar-refractivity contribution is 0.110. The van der Waals surface area contributed by atoms with Crippen molar-refractivity contribution in [2.45, 2.75) is 19.3 Å². The van der Waals surface area contributed by atoms with E-state index in [2.05, 4.69) is 41.5 Å². The molecule has 1 N–H and O–H groups in total. The van der Waals surface area contributed by atoms with Crippen molar-refractivity contribution in [3.05, 3.63) is 29.8 Å². The van der Waals surface area contributed by atoms with Gasteiger partial charge in [0, 0.05) is 30.7 Å². The molecule has 2 heteroatoms. The second kappa shape index (κ2) is 3.86. The number of likely N-dealkylation sites (N-methyl/N-ethyl adjacent to an activating group) is 1. The van der Waals surface area contributed by atoms with E-state index in [-0.39, 0.29) is 0 Å². The molecule has 0 bridgehead atoms. The van der Waals surface area contributed by atoms with Gasteiger partial charge in [-0.3, -0.25) is 0 Å². The zero-order chi connectivity index (χ0) is 10.9. The maximum absolute atomic E-state index is 3.49. The number of anilines is 1. The fourth-order valence-corrected chi connectivity index (χ4v) is 2.73. The summed E-state index contributed by atoms with van der Waals surface area (Å²) in [5, 5.41) is 3.49. The van der Waals surface area contributed by atoms with Crippen molar-refractivity contribution >= 4 is 5.69 Å². The normalized spacial score (nSPS) is 21.0. The Morgan fingerprint density at radius 1 is 1.20 bits per heavy atom. The first-order valence-electron chi connectivity index (χ1n) is 5.82. The number of nitrogens with zero attached hydrogens (tertiary/aromatic N) is 1. The summed E-state index contributed by atoms with van der Waals surface area (Å²) in [5.74, 6) is 0. The van der Waals surface area contributed by atoms with Crippen molar-refractivity contribution in [1.82, 2.24) is 4.90 Å². The largest absolute Gasteiger partial charge is 0.384 e. The zero-order valence-corrected chi connectivity index (χ0v) is 9.88. The molecule has 15 heavy (non-hydrogen) atoms. The van der Waals surface area contributed by atoms with Crippen molar-refractivity contribution < 1.29 is 0 Å². The van der Waals surface area contributed by atoms with Crippen molar-refractivity contribution in [2.75, 3.05) is 32.0 Å². The van der Waals surface area contributed by atoms with Gasteiger partial charge in [-0.05, 0) is 18.7 Å². The molecule has 2 nitrogen and oxygen atoms in total. The van der Waals surface area contributed by atoms with Crippen LogP contribution >= 0.6 is 0 Å². The molecule has 1 saturated heterocycles. The van der Waals surface area contributed by atoms with E-state index in [1.54, 1.807) is 0 Å². The van der Waals surface area contributed by atoms with Crippen molar-refractivity contribution in [3.8, 4) is 0 Å². The number of benzene rings is 1. The Morgan fingerprint density at radius 3 is 2.53 bits per heavy atom. The third-order valence-corrected chi connectivity index (χ3v) is 3.26. The Kier molecular flexibility index (Phi) is 2.70. The van der Waals surface area contributed by atoms with Crippen LogP contribution in [0.3, 0.4) is 0 Å². The molecule has 1 aromatic carbocycles. The number of nitrogens with one attached hydrogen (secondary N) is 1. The zero-order valence-electron chi connectivity index (χ0n) is 9.88. The molecule has 0 atom stereocenters. The van der Waals surface area contributed by atoms with Gasteiger partial charge < -0.3 is 10.2 Å². The molecule has 1 fully saturated rings. The molecular weight excluding hydrogens is 184 g/mol. The van der Waals surface area contributed by atoms with E-state index in [1.165, 1.54) is 24.3 Å². The Hall–Kier alpha value is -1.02. The van der Waals surface area contributed by atoms with Gasteiger partial charge in [-0.15, -0.1) is 0 Å². The first-order valence-corrected chi connectivity index (χ1v) is 5.82. The fraction of sp³-hybridized carbons (Fsp3) is 0.538. The molecule has 0 unspecified atom stereocenters. The van der Waals surface area contributed by atoms with Crippen LogP contribution in [-0.4, -0.2) is 31.6 Å². The summed E-state index contributed by atoms with van der Waals surface area (Å²) in [4.78, 5) is 2.38. The average molecular weight is 204 g/mol. The van der Waals surface area contributed by atoms with Gasteiger partial charge in [0.1, 0.15) is 0 Å². The summed E-state index contributed by atoms with van der Waals surface area (Å²) < 4.78 is 0. The SMILES string of the molecule is CC.CN1CC2(CNc3ccccc32)C1. The van der Waals surface area contributed by atoms with Crippen LogP contribution in [0.1, 0.15) is 19.4 Å². The highest BCUT2D eigenvalue weighted by Gasteiger charge is 2.46. The number of para-hydroxylation sites is 1. The maximum Gasteiger partial charge on any atom is 0.0400 e. The van der Waals surface area contributed by atoms with Gasteiger partial charge in [0.25, 0.3) is 0 Å². The van der Waals surface area contributed by atoms with Crippen molar-refractivity contribution in [1.29, 1.82) is 0 Å². The molecule has 2 aliphatic heterocycles.